The quantitative estimate of drug-likeness (QED) is 0.596. The lowest BCUT2D eigenvalue weighted by Gasteiger charge is -2.03. The molecule has 0 unspecified atom stereocenters. The number of hydrogen-bond donors (Lipinski definition) is 2. The van der Waals surface area contributed by atoms with Gasteiger partial charge in [0, 0.05) is 6.07 Å². The molecule has 7 nitrogen and oxygen atoms in total. The highest BCUT2D eigenvalue weighted by atomic mass is 19.3. The Kier molecular flexibility index (Phi) is 2.97. The summed E-state index contributed by atoms with van der Waals surface area (Å²) in [5.41, 5.74) is -4.82. The van der Waals surface area contributed by atoms with Gasteiger partial charge in [-0.05, 0) is 0 Å². The highest BCUT2D eigenvalue weighted by Crippen LogP contribution is 2.28. The van der Waals surface area contributed by atoms with Crippen LogP contribution in [0.2, 0.25) is 0 Å². The maximum absolute atomic E-state index is 12.3. The number of carboxylic acids is 1. The molecule has 1 rings (SSSR count). The number of aromatic carboxylic acids is 1. The largest absolute Gasteiger partial charge is 0.477 e. The summed E-state index contributed by atoms with van der Waals surface area (Å²) in [6, 6.07) is 0.381. The van der Waals surface area contributed by atoms with Gasteiger partial charge in [0.25, 0.3) is 6.43 Å². The third kappa shape index (κ3) is 2.02. The molecule has 2 N–H and O–H groups in total. The van der Waals surface area contributed by atoms with E-state index in [-0.39, 0.29) is 0 Å². The zero-order valence-corrected chi connectivity index (χ0v) is 7.44. The number of nitrogens with one attached hydrogen (secondary N) is 1. The minimum atomic E-state index is -3.34. The van der Waals surface area contributed by atoms with Crippen molar-refractivity contribution in [1.29, 1.82) is 0 Å². The van der Waals surface area contributed by atoms with Crippen LogP contribution in [0.4, 0.5) is 14.5 Å². The van der Waals surface area contributed by atoms with Crippen molar-refractivity contribution >= 4 is 11.7 Å². The summed E-state index contributed by atoms with van der Waals surface area (Å²) in [6.07, 6.45) is -3.34. The van der Waals surface area contributed by atoms with Crippen LogP contribution < -0.4 is 5.56 Å². The Morgan fingerprint density at radius 1 is 1.56 bits per heavy atom. The topological polar surface area (TPSA) is 113 Å². The zero-order valence-electron chi connectivity index (χ0n) is 7.44. The lowest BCUT2D eigenvalue weighted by molar-refractivity contribution is -0.387. The second kappa shape index (κ2) is 4.04. The van der Waals surface area contributed by atoms with Gasteiger partial charge < -0.3 is 10.1 Å². The van der Waals surface area contributed by atoms with Crippen molar-refractivity contribution < 1.29 is 23.6 Å². The molecule has 0 saturated carbocycles. The molecule has 1 heterocycles. The summed E-state index contributed by atoms with van der Waals surface area (Å²) in [7, 11) is 0. The molecule has 0 atom stereocenters. The summed E-state index contributed by atoms with van der Waals surface area (Å²) in [4.78, 5) is 32.1. The predicted octanol–water partition coefficient (Wildman–Crippen LogP) is 0.919. The van der Waals surface area contributed by atoms with Gasteiger partial charge >= 0.3 is 11.7 Å². The monoisotopic (exact) mass is 234 g/mol. The van der Waals surface area contributed by atoms with Crippen LogP contribution in [-0.2, 0) is 0 Å². The Morgan fingerprint density at radius 3 is 2.50 bits per heavy atom. The van der Waals surface area contributed by atoms with Gasteiger partial charge in [-0.3, -0.25) is 14.9 Å². The maximum Gasteiger partial charge on any atom is 0.343 e. The van der Waals surface area contributed by atoms with Crippen LogP contribution in [0.25, 0.3) is 0 Å². The average molecular weight is 234 g/mol. The number of pyridine rings is 1. The fourth-order valence-corrected chi connectivity index (χ4v) is 1.09. The zero-order chi connectivity index (χ0) is 12.5. The van der Waals surface area contributed by atoms with Crippen LogP contribution in [0, 0.1) is 10.1 Å². The molecular formula is C7H4F2N2O5. The van der Waals surface area contributed by atoms with Crippen LogP contribution in [0.15, 0.2) is 10.9 Å². The van der Waals surface area contributed by atoms with Crippen LogP contribution in [0.5, 0.6) is 0 Å². The third-order valence-electron chi connectivity index (χ3n) is 1.67. The van der Waals surface area contributed by atoms with Crippen molar-refractivity contribution in [3.8, 4) is 0 Å². The molecule has 0 aliphatic carbocycles. The summed E-state index contributed by atoms with van der Waals surface area (Å²) >= 11 is 0. The van der Waals surface area contributed by atoms with Crippen molar-refractivity contribution in [2.45, 2.75) is 6.43 Å². The van der Waals surface area contributed by atoms with Gasteiger partial charge in [-0.25, -0.2) is 13.6 Å². The normalized spacial score (nSPS) is 10.4. The van der Waals surface area contributed by atoms with Crippen molar-refractivity contribution in [2.75, 3.05) is 0 Å². The first-order valence-electron chi connectivity index (χ1n) is 3.77. The molecule has 86 valence electrons. The van der Waals surface area contributed by atoms with Gasteiger partial charge in [0.2, 0.25) is 5.56 Å². The second-order valence-corrected chi connectivity index (χ2v) is 2.67. The molecule has 1 aromatic rings. The Bertz CT molecular complexity index is 510. The van der Waals surface area contributed by atoms with Crippen molar-refractivity contribution in [3.05, 3.63) is 37.8 Å². The number of aromatic nitrogens is 1. The van der Waals surface area contributed by atoms with Gasteiger partial charge in [-0.1, -0.05) is 0 Å². The van der Waals surface area contributed by atoms with Gasteiger partial charge in [0.15, 0.2) is 5.69 Å². The number of carbonyl (C=O) groups is 1. The number of halogens is 2. The number of carboxylic acid groups (broad SMARTS) is 1. The van der Waals surface area contributed by atoms with Gasteiger partial charge in [-0.15, -0.1) is 0 Å². The van der Waals surface area contributed by atoms with E-state index in [9.17, 15) is 28.5 Å². The van der Waals surface area contributed by atoms with E-state index in [1.165, 1.54) is 0 Å². The molecular weight excluding hydrogens is 230 g/mol. The minimum Gasteiger partial charge on any atom is -0.477 e. The van der Waals surface area contributed by atoms with Crippen LogP contribution in [-0.4, -0.2) is 21.0 Å². The van der Waals surface area contributed by atoms with Crippen molar-refractivity contribution in [2.24, 2.45) is 0 Å². The lowest BCUT2D eigenvalue weighted by Crippen LogP contribution is -2.16. The van der Waals surface area contributed by atoms with Crippen molar-refractivity contribution in [1.82, 2.24) is 4.98 Å². The first-order chi connectivity index (χ1) is 7.34. The van der Waals surface area contributed by atoms with Crippen molar-refractivity contribution in [3.63, 3.8) is 0 Å². The van der Waals surface area contributed by atoms with E-state index in [0.29, 0.717) is 6.07 Å². The number of nitro groups is 1. The minimum absolute atomic E-state index is 0.381. The number of aromatic amines is 1. The second-order valence-electron chi connectivity index (χ2n) is 2.67. The molecule has 0 saturated heterocycles. The standard InChI is InChI=1S/C7H4F2N2O5/c8-6(9)4-5(11(15)16)2(7(13)14)1-3(12)10-4/h1,6H,(H,10,12)(H,13,14). The van der Waals surface area contributed by atoms with E-state index in [4.69, 9.17) is 5.11 Å². The first kappa shape index (κ1) is 11.8. The molecule has 0 fully saturated rings. The number of H-pyrrole nitrogens is 1. The third-order valence-corrected chi connectivity index (χ3v) is 1.67. The Morgan fingerprint density at radius 2 is 2.12 bits per heavy atom. The molecule has 9 heteroatoms. The van der Waals surface area contributed by atoms with E-state index in [1.54, 1.807) is 4.98 Å². The average Bonchev–Trinajstić information content (AvgIpc) is 2.15. The number of hydrogen-bond acceptors (Lipinski definition) is 4. The van der Waals surface area contributed by atoms with E-state index in [1.807, 2.05) is 0 Å². The first-order valence-corrected chi connectivity index (χ1v) is 3.77. The molecule has 0 amide bonds. The molecule has 0 aromatic carbocycles. The van der Waals surface area contributed by atoms with Crippen LogP contribution >= 0.6 is 0 Å². The Balaban J connectivity index is 3.67. The van der Waals surface area contributed by atoms with Gasteiger partial charge in [-0.2, -0.15) is 0 Å². The predicted molar refractivity (Wildman–Crippen MR) is 45.6 cm³/mol. The van der Waals surface area contributed by atoms with E-state index in [0.717, 1.165) is 0 Å². The SMILES string of the molecule is O=C(O)c1cc(=O)[nH]c(C(F)F)c1[N+](=O)[O-]. The summed E-state index contributed by atoms with van der Waals surface area (Å²) in [6.45, 7) is 0. The van der Waals surface area contributed by atoms with E-state index in [2.05, 4.69) is 0 Å². The highest BCUT2D eigenvalue weighted by Gasteiger charge is 2.30. The van der Waals surface area contributed by atoms with Gasteiger partial charge in [0.1, 0.15) is 5.56 Å². The molecule has 0 bridgehead atoms. The number of rotatable bonds is 3. The fraction of sp³-hybridized carbons (Fsp3) is 0.143. The van der Waals surface area contributed by atoms with Gasteiger partial charge in [0.05, 0.1) is 4.92 Å². The summed E-state index contributed by atoms with van der Waals surface area (Å²) in [5.74, 6) is -1.82. The fourth-order valence-electron chi connectivity index (χ4n) is 1.09. The highest BCUT2D eigenvalue weighted by molar-refractivity contribution is 5.92. The van der Waals surface area contributed by atoms with E-state index < -0.39 is 39.8 Å². The molecule has 0 spiro atoms. The molecule has 0 aliphatic rings. The Labute approximate surface area is 85.5 Å². The van der Waals surface area contributed by atoms with Crippen LogP contribution in [0.1, 0.15) is 22.5 Å². The number of alkyl halides is 2. The molecule has 0 aliphatic heterocycles. The van der Waals surface area contributed by atoms with Crippen LogP contribution in [0.3, 0.4) is 0 Å². The molecule has 1 aromatic heterocycles. The Hall–Kier alpha value is -2.32. The summed E-state index contributed by atoms with van der Waals surface area (Å²) in [5, 5.41) is 19.0. The lowest BCUT2D eigenvalue weighted by atomic mass is 10.2. The summed E-state index contributed by atoms with van der Waals surface area (Å²) < 4.78 is 24.7. The number of nitrogens with zero attached hydrogens (tertiary/aromatic N) is 1. The molecule has 16 heavy (non-hydrogen) atoms. The smallest absolute Gasteiger partial charge is 0.343 e. The maximum atomic E-state index is 12.3. The molecule has 0 radical (unpaired) electrons. The van der Waals surface area contributed by atoms with E-state index >= 15 is 0 Å².